The molecule has 4 heteroatoms. The summed E-state index contributed by atoms with van der Waals surface area (Å²) in [5.41, 5.74) is 1.31. The molecule has 0 aromatic heterocycles. The topological polar surface area (TPSA) is 21.7 Å². The van der Waals surface area contributed by atoms with Crippen LogP contribution in [0.1, 0.15) is 43.6 Å². The minimum Gasteiger partial charge on any atom is -0.492 e. The van der Waals surface area contributed by atoms with Crippen molar-refractivity contribution in [3.63, 3.8) is 0 Å². The van der Waals surface area contributed by atoms with Crippen LogP contribution in [0.15, 0.2) is 18.2 Å². The third-order valence-corrected chi connectivity index (χ3v) is 5.02. The van der Waals surface area contributed by atoms with Gasteiger partial charge in [0.1, 0.15) is 12.4 Å². The molecule has 2 aliphatic rings. The highest BCUT2D eigenvalue weighted by atomic mass is 35.5. The second-order valence-electron chi connectivity index (χ2n) is 6.32. The second kappa shape index (κ2) is 8.19. The molecule has 1 aliphatic carbocycles. The summed E-state index contributed by atoms with van der Waals surface area (Å²) in [5, 5.41) is 0.820. The maximum atomic E-state index is 6.21. The molecule has 0 N–H and O–H groups in total. The van der Waals surface area contributed by atoms with Crippen molar-refractivity contribution in [3.05, 3.63) is 28.8 Å². The summed E-state index contributed by atoms with van der Waals surface area (Å²) < 4.78 is 11.5. The number of rotatable bonds is 5. The minimum atomic E-state index is 0.617. The molecule has 0 radical (unpaired) electrons. The van der Waals surface area contributed by atoms with E-state index in [1.807, 2.05) is 12.1 Å². The molecule has 122 valence electrons. The van der Waals surface area contributed by atoms with E-state index in [1.54, 1.807) is 0 Å². The van der Waals surface area contributed by atoms with Crippen LogP contribution in [0.2, 0.25) is 5.02 Å². The monoisotopic (exact) mass is 323 g/mol. The SMILES string of the molecule is Clc1ccc(OCCN2CCOCC2)c(C2CCCCC2)c1. The van der Waals surface area contributed by atoms with Crippen molar-refractivity contribution in [1.29, 1.82) is 0 Å². The summed E-state index contributed by atoms with van der Waals surface area (Å²) in [4.78, 5) is 2.40. The summed E-state index contributed by atoms with van der Waals surface area (Å²) >= 11 is 6.21. The van der Waals surface area contributed by atoms with E-state index in [9.17, 15) is 0 Å². The Kier molecular flexibility index (Phi) is 5.99. The largest absolute Gasteiger partial charge is 0.492 e. The zero-order chi connectivity index (χ0) is 15.2. The lowest BCUT2D eigenvalue weighted by atomic mass is 9.84. The first-order valence-electron chi connectivity index (χ1n) is 8.55. The van der Waals surface area contributed by atoms with Gasteiger partial charge >= 0.3 is 0 Å². The first-order chi connectivity index (χ1) is 10.8. The van der Waals surface area contributed by atoms with Crippen LogP contribution in [0, 0.1) is 0 Å². The lowest BCUT2D eigenvalue weighted by Crippen LogP contribution is -2.38. The van der Waals surface area contributed by atoms with Crippen molar-refractivity contribution in [1.82, 2.24) is 4.90 Å². The molecule has 2 fully saturated rings. The Morgan fingerprint density at radius 2 is 1.91 bits per heavy atom. The number of ether oxygens (including phenoxy) is 2. The van der Waals surface area contributed by atoms with Gasteiger partial charge in [-0.2, -0.15) is 0 Å². The Morgan fingerprint density at radius 3 is 2.68 bits per heavy atom. The molecule has 0 atom stereocenters. The number of morpholine rings is 1. The fraction of sp³-hybridized carbons (Fsp3) is 0.667. The zero-order valence-electron chi connectivity index (χ0n) is 13.2. The molecule has 1 aromatic carbocycles. The molecular weight excluding hydrogens is 298 g/mol. The van der Waals surface area contributed by atoms with Gasteiger partial charge in [-0.25, -0.2) is 0 Å². The van der Waals surface area contributed by atoms with Crippen molar-refractivity contribution in [2.75, 3.05) is 39.5 Å². The Morgan fingerprint density at radius 1 is 1.14 bits per heavy atom. The quantitative estimate of drug-likeness (QED) is 0.814. The molecular formula is C18H26ClNO2. The first-order valence-corrected chi connectivity index (χ1v) is 8.93. The number of hydrogen-bond donors (Lipinski definition) is 0. The van der Waals surface area contributed by atoms with Crippen LogP contribution in [0.5, 0.6) is 5.75 Å². The maximum absolute atomic E-state index is 6.21. The standard InChI is InChI=1S/C18H26ClNO2/c19-16-6-7-18(17(14-16)15-4-2-1-3-5-15)22-13-10-20-8-11-21-12-9-20/h6-7,14-15H,1-5,8-13H2. The van der Waals surface area contributed by atoms with E-state index in [1.165, 1.54) is 37.7 Å². The lowest BCUT2D eigenvalue weighted by Gasteiger charge is -2.27. The van der Waals surface area contributed by atoms with Crippen LogP contribution in [0.4, 0.5) is 0 Å². The first kappa shape index (κ1) is 16.1. The van der Waals surface area contributed by atoms with Gasteiger partial charge in [-0.3, -0.25) is 4.90 Å². The van der Waals surface area contributed by atoms with Gasteiger partial charge in [0.25, 0.3) is 0 Å². The van der Waals surface area contributed by atoms with Crippen molar-refractivity contribution < 1.29 is 9.47 Å². The van der Waals surface area contributed by atoms with Gasteiger partial charge in [-0.05, 0) is 42.5 Å². The predicted molar refractivity (Wildman–Crippen MR) is 90.0 cm³/mol. The van der Waals surface area contributed by atoms with Gasteiger partial charge in [0.15, 0.2) is 0 Å². The zero-order valence-corrected chi connectivity index (χ0v) is 14.0. The van der Waals surface area contributed by atoms with E-state index >= 15 is 0 Å². The van der Waals surface area contributed by atoms with Crippen molar-refractivity contribution in [2.24, 2.45) is 0 Å². The third-order valence-electron chi connectivity index (χ3n) is 4.79. The Bertz CT molecular complexity index is 468. The number of halogens is 1. The normalized spacial score (nSPS) is 21.0. The highest BCUT2D eigenvalue weighted by Crippen LogP contribution is 2.38. The predicted octanol–water partition coefficient (Wildman–Crippen LogP) is 4.10. The van der Waals surface area contributed by atoms with Crippen LogP contribution in [-0.2, 0) is 4.74 Å². The Balaban J connectivity index is 1.59. The van der Waals surface area contributed by atoms with Gasteiger partial charge in [-0.1, -0.05) is 30.9 Å². The lowest BCUT2D eigenvalue weighted by molar-refractivity contribution is 0.0322. The smallest absolute Gasteiger partial charge is 0.122 e. The van der Waals surface area contributed by atoms with Crippen molar-refractivity contribution in [3.8, 4) is 5.75 Å². The molecule has 1 saturated heterocycles. The summed E-state index contributed by atoms with van der Waals surface area (Å²) in [6.45, 7) is 5.42. The molecule has 3 rings (SSSR count). The highest BCUT2D eigenvalue weighted by Gasteiger charge is 2.20. The summed E-state index contributed by atoms with van der Waals surface area (Å²) in [7, 11) is 0. The summed E-state index contributed by atoms with van der Waals surface area (Å²) in [6.07, 6.45) is 6.54. The number of hydrogen-bond acceptors (Lipinski definition) is 3. The molecule has 1 heterocycles. The Labute approximate surface area is 138 Å². The van der Waals surface area contributed by atoms with E-state index < -0.39 is 0 Å². The van der Waals surface area contributed by atoms with Crippen molar-refractivity contribution in [2.45, 2.75) is 38.0 Å². The van der Waals surface area contributed by atoms with E-state index in [0.717, 1.165) is 50.2 Å². The van der Waals surface area contributed by atoms with E-state index in [2.05, 4.69) is 11.0 Å². The van der Waals surface area contributed by atoms with E-state index in [-0.39, 0.29) is 0 Å². The average molecular weight is 324 g/mol. The molecule has 3 nitrogen and oxygen atoms in total. The molecule has 0 unspecified atom stereocenters. The second-order valence-corrected chi connectivity index (χ2v) is 6.76. The van der Waals surface area contributed by atoms with Gasteiger partial charge in [0, 0.05) is 24.7 Å². The van der Waals surface area contributed by atoms with Crippen LogP contribution < -0.4 is 4.74 Å². The summed E-state index contributed by atoms with van der Waals surface area (Å²) in [5.74, 6) is 1.65. The fourth-order valence-corrected chi connectivity index (χ4v) is 3.67. The van der Waals surface area contributed by atoms with Gasteiger partial charge in [0.2, 0.25) is 0 Å². The van der Waals surface area contributed by atoms with Gasteiger partial charge in [0.05, 0.1) is 13.2 Å². The molecule has 0 spiro atoms. The maximum Gasteiger partial charge on any atom is 0.122 e. The number of benzene rings is 1. The minimum absolute atomic E-state index is 0.617. The average Bonchev–Trinajstić information content (AvgIpc) is 2.58. The van der Waals surface area contributed by atoms with Crippen LogP contribution in [0.25, 0.3) is 0 Å². The molecule has 1 aromatic rings. The molecule has 0 amide bonds. The molecule has 22 heavy (non-hydrogen) atoms. The third kappa shape index (κ3) is 4.37. The van der Waals surface area contributed by atoms with Crippen LogP contribution in [-0.4, -0.2) is 44.4 Å². The van der Waals surface area contributed by atoms with E-state index in [0.29, 0.717) is 5.92 Å². The summed E-state index contributed by atoms with van der Waals surface area (Å²) in [6, 6.07) is 6.10. The van der Waals surface area contributed by atoms with Crippen molar-refractivity contribution >= 4 is 11.6 Å². The van der Waals surface area contributed by atoms with Crippen LogP contribution >= 0.6 is 11.6 Å². The molecule has 1 aliphatic heterocycles. The van der Waals surface area contributed by atoms with Gasteiger partial charge in [-0.15, -0.1) is 0 Å². The molecule has 0 bridgehead atoms. The van der Waals surface area contributed by atoms with Gasteiger partial charge < -0.3 is 9.47 Å². The van der Waals surface area contributed by atoms with Crippen LogP contribution in [0.3, 0.4) is 0 Å². The fourth-order valence-electron chi connectivity index (χ4n) is 3.49. The molecule has 1 saturated carbocycles. The Hall–Kier alpha value is -0.770. The highest BCUT2D eigenvalue weighted by molar-refractivity contribution is 6.30. The van der Waals surface area contributed by atoms with E-state index in [4.69, 9.17) is 21.1 Å². The number of nitrogens with zero attached hydrogens (tertiary/aromatic N) is 1.